The van der Waals surface area contributed by atoms with Crippen LogP contribution in [0.5, 0.6) is 5.75 Å². The maximum absolute atomic E-state index is 9.24. The lowest BCUT2D eigenvalue weighted by Gasteiger charge is -2.06. The highest BCUT2D eigenvalue weighted by atomic mass is 16.3. The van der Waals surface area contributed by atoms with E-state index in [1.54, 1.807) is 18.3 Å². The standard InChI is InChI=1S/C17H17N3O/c21-16-7-3-14(4-8-16)12-18-11-13-1-5-15(6-2-13)17-9-10-19-20-17/h1-10,18,21H,11-12H2,(H,19,20). The van der Waals surface area contributed by atoms with Crippen LogP contribution in [0.2, 0.25) is 0 Å². The SMILES string of the molecule is Oc1ccc(CNCc2ccc(-c3ccn[nH]3)cc2)cc1. The van der Waals surface area contributed by atoms with Crippen molar-refractivity contribution < 1.29 is 5.11 Å². The fraction of sp³-hybridized carbons (Fsp3) is 0.118. The minimum atomic E-state index is 0.299. The van der Waals surface area contributed by atoms with E-state index in [0.717, 1.165) is 29.9 Å². The molecule has 0 aliphatic heterocycles. The summed E-state index contributed by atoms with van der Waals surface area (Å²) in [7, 11) is 0. The molecule has 1 heterocycles. The maximum atomic E-state index is 9.24. The van der Waals surface area contributed by atoms with Crippen molar-refractivity contribution in [1.29, 1.82) is 0 Å². The van der Waals surface area contributed by atoms with E-state index in [-0.39, 0.29) is 0 Å². The molecule has 0 atom stereocenters. The number of rotatable bonds is 5. The van der Waals surface area contributed by atoms with Crippen molar-refractivity contribution in [2.24, 2.45) is 0 Å². The summed E-state index contributed by atoms with van der Waals surface area (Å²) in [5.41, 5.74) is 4.55. The highest BCUT2D eigenvalue weighted by Crippen LogP contribution is 2.16. The molecular weight excluding hydrogens is 262 g/mol. The molecule has 4 heteroatoms. The third-order valence-electron chi connectivity index (χ3n) is 3.36. The number of nitrogens with zero attached hydrogens (tertiary/aromatic N) is 1. The second kappa shape index (κ2) is 6.24. The topological polar surface area (TPSA) is 60.9 Å². The van der Waals surface area contributed by atoms with Gasteiger partial charge in [-0.15, -0.1) is 0 Å². The van der Waals surface area contributed by atoms with E-state index >= 15 is 0 Å². The number of H-pyrrole nitrogens is 1. The first-order chi connectivity index (χ1) is 10.3. The van der Waals surface area contributed by atoms with Gasteiger partial charge < -0.3 is 10.4 Å². The fourth-order valence-corrected chi connectivity index (χ4v) is 2.18. The Kier molecular flexibility index (Phi) is 3.98. The van der Waals surface area contributed by atoms with Gasteiger partial charge in [0.1, 0.15) is 5.75 Å². The number of hydrogen-bond donors (Lipinski definition) is 3. The van der Waals surface area contributed by atoms with Crippen LogP contribution in [0.4, 0.5) is 0 Å². The van der Waals surface area contributed by atoms with E-state index in [0.29, 0.717) is 5.75 Å². The molecular formula is C17H17N3O. The normalized spacial score (nSPS) is 10.7. The highest BCUT2D eigenvalue weighted by molar-refractivity contribution is 5.58. The summed E-state index contributed by atoms with van der Waals surface area (Å²) >= 11 is 0. The van der Waals surface area contributed by atoms with Gasteiger partial charge in [-0.2, -0.15) is 5.10 Å². The zero-order valence-corrected chi connectivity index (χ0v) is 11.6. The van der Waals surface area contributed by atoms with Crippen molar-refractivity contribution in [3.63, 3.8) is 0 Å². The summed E-state index contributed by atoms with van der Waals surface area (Å²) in [5.74, 6) is 0.299. The summed E-state index contributed by atoms with van der Waals surface area (Å²) in [6.45, 7) is 1.59. The molecule has 0 saturated heterocycles. The van der Waals surface area contributed by atoms with Crippen LogP contribution in [0.25, 0.3) is 11.3 Å². The maximum Gasteiger partial charge on any atom is 0.115 e. The number of hydrogen-bond acceptors (Lipinski definition) is 3. The minimum Gasteiger partial charge on any atom is -0.508 e. The number of aromatic nitrogens is 2. The molecule has 3 N–H and O–H groups in total. The van der Waals surface area contributed by atoms with Crippen LogP contribution in [0.15, 0.2) is 60.8 Å². The number of benzene rings is 2. The lowest BCUT2D eigenvalue weighted by Crippen LogP contribution is -2.12. The zero-order chi connectivity index (χ0) is 14.5. The van der Waals surface area contributed by atoms with Gasteiger partial charge in [0.15, 0.2) is 0 Å². The summed E-state index contributed by atoms with van der Waals surface area (Å²) < 4.78 is 0. The Hall–Kier alpha value is -2.59. The van der Waals surface area contributed by atoms with E-state index in [9.17, 15) is 5.11 Å². The molecule has 21 heavy (non-hydrogen) atoms. The van der Waals surface area contributed by atoms with Crippen molar-refractivity contribution in [2.75, 3.05) is 0 Å². The molecule has 0 fully saturated rings. The zero-order valence-electron chi connectivity index (χ0n) is 11.6. The minimum absolute atomic E-state index is 0.299. The van der Waals surface area contributed by atoms with Crippen LogP contribution in [0.1, 0.15) is 11.1 Å². The number of phenolic OH excluding ortho intramolecular Hbond substituents is 1. The second-order valence-electron chi connectivity index (χ2n) is 4.94. The fourth-order valence-electron chi connectivity index (χ4n) is 2.18. The van der Waals surface area contributed by atoms with E-state index in [2.05, 4.69) is 39.8 Å². The predicted molar refractivity (Wildman–Crippen MR) is 82.7 cm³/mol. The Morgan fingerprint density at radius 2 is 1.48 bits per heavy atom. The van der Waals surface area contributed by atoms with Gasteiger partial charge >= 0.3 is 0 Å². The van der Waals surface area contributed by atoms with Gasteiger partial charge in [0.05, 0.1) is 5.69 Å². The average molecular weight is 279 g/mol. The van der Waals surface area contributed by atoms with E-state index in [1.165, 1.54) is 5.56 Å². The third kappa shape index (κ3) is 3.49. The first-order valence-electron chi connectivity index (χ1n) is 6.88. The summed E-state index contributed by atoms with van der Waals surface area (Å²) in [4.78, 5) is 0. The van der Waals surface area contributed by atoms with Gasteiger partial charge in [0.25, 0.3) is 0 Å². The monoisotopic (exact) mass is 279 g/mol. The number of nitrogens with one attached hydrogen (secondary N) is 2. The van der Waals surface area contributed by atoms with E-state index in [4.69, 9.17) is 0 Å². The van der Waals surface area contributed by atoms with Crippen LogP contribution in [-0.4, -0.2) is 15.3 Å². The van der Waals surface area contributed by atoms with Crippen molar-refractivity contribution in [3.8, 4) is 17.0 Å². The van der Waals surface area contributed by atoms with Crippen molar-refractivity contribution in [1.82, 2.24) is 15.5 Å². The largest absolute Gasteiger partial charge is 0.508 e. The molecule has 0 unspecified atom stereocenters. The Morgan fingerprint density at radius 1 is 0.857 bits per heavy atom. The summed E-state index contributed by atoms with van der Waals surface area (Å²) in [6, 6.07) is 17.6. The van der Waals surface area contributed by atoms with Crippen LogP contribution in [0, 0.1) is 0 Å². The Labute approximate surface area is 123 Å². The number of aromatic hydroxyl groups is 1. The third-order valence-corrected chi connectivity index (χ3v) is 3.36. The average Bonchev–Trinajstić information content (AvgIpc) is 3.04. The van der Waals surface area contributed by atoms with Crippen LogP contribution in [0.3, 0.4) is 0 Å². The molecule has 0 aliphatic carbocycles. The van der Waals surface area contributed by atoms with Crippen LogP contribution in [-0.2, 0) is 13.1 Å². The van der Waals surface area contributed by atoms with Crippen LogP contribution < -0.4 is 5.32 Å². The highest BCUT2D eigenvalue weighted by Gasteiger charge is 1.99. The van der Waals surface area contributed by atoms with Gasteiger partial charge in [0.2, 0.25) is 0 Å². The summed E-state index contributed by atoms with van der Waals surface area (Å²) in [5, 5.41) is 19.5. The molecule has 0 spiro atoms. The molecule has 0 amide bonds. The van der Waals surface area contributed by atoms with E-state index < -0.39 is 0 Å². The molecule has 3 rings (SSSR count). The lowest BCUT2D eigenvalue weighted by atomic mass is 10.1. The van der Waals surface area contributed by atoms with Gasteiger partial charge in [-0.3, -0.25) is 5.10 Å². The Bertz CT molecular complexity index is 673. The number of phenols is 1. The van der Waals surface area contributed by atoms with Gasteiger partial charge in [0, 0.05) is 19.3 Å². The molecule has 0 aliphatic rings. The summed E-state index contributed by atoms with van der Waals surface area (Å²) in [6.07, 6.45) is 1.75. The molecule has 106 valence electrons. The molecule has 0 bridgehead atoms. The first kappa shape index (κ1) is 13.4. The van der Waals surface area contributed by atoms with Gasteiger partial charge in [-0.05, 0) is 34.9 Å². The second-order valence-corrected chi connectivity index (χ2v) is 4.94. The van der Waals surface area contributed by atoms with E-state index in [1.807, 2.05) is 18.2 Å². The predicted octanol–water partition coefficient (Wildman–Crippen LogP) is 3.07. The quantitative estimate of drug-likeness (QED) is 0.672. The van der Waals surface area contributed by atoms with Crippen molar-refractivity contribution in [2.45, 2.75) is 13.1 Å². The van der Waals surface area contributed by atoms with Crippen molar-refractivity contribution in [3.05, 3.63) is 71.9 Å². The Morgan fingerprint density at radius 3 is 2.05 bits per heavy atom. The Balaban J connectivity index is 1.55. The molecule has 0 radical (unpaired) electrons. The van der Waals surface area contributed by atoms with Gasteiger partial charge in [-0.25, -0.2) is 0 Å². The van der Waals surface area contributed by atoms with Crippen molar-refractivity contribution >= 4 is 0 Å². The first-order valence-corrected chi connectivity index (χ1v) is 6.88. The lowest BCUT2D eigenvalue weighted by molar-refractivity contribution is 0.475. The molecule has 4 nitrogen and oxygen atoms in total. The molecule has 0 saturated carbocycles. The van der Waals surface area contributed by atoms with Gasteiger partial charge in [-0.1, -0.05) is 36.4 Å². The molecule has 3 aromatic rings. The number of aromatic amines is 1. The molecule has 2 aromatic carbocycles. The van der Waals surface area contributed by atoms with Crippen LogP contribution >= 0.6 is 0 Å². The molecule has 1 aromatic heterocycles. The smallest absolute Gasteiger partial charge is 0.115 e.